The predicted molar refractivity (Wildman–Crippen MR) is 207 cm³/mol. The van der Waals surface area contributed by atoms with E-state index in [1.165, 1.54) is 11.1 Å². The summed E-state index contributed by atoms with van der Waals surface area (Å²) in [6.07, 6.45) is 1.61. The SMILES string of the molecule is O=C(c1ccc(OCCc2ccccc2)cc1)N(CCN(Cc1ccccc1)C(=O)c1ccc(OCCc2ccccc2)cc1)Cc1ccccc1. The van der Waals surface area contributed by atoms with Crippen LogP contribution >= 0.6 is 0 Å². The number of carbonyl (C=O) groups is 2. The monoisotopic (exact) mass is 688 g/mol. The van der Waals surface area contributed by atoms with Gasteiger partial charge in [0.1, 0.15) is 11.5 Å². The largest absolute Gasteiger partial charge is 0.493 e. The zero-order chi connectivity index (χ0) is 35.8. The topological polar surface area (TPSA) is 59.1 Å². The number of carbonyl (C=O) groups excluding carboxylic acids is 2. The van der Waals surface area contributed by atoms with Crippen LogP contribution < -0.4 is 9.47 Å². The second-order valence-electron chi connectivity index (χ2n) is 12.6. The number of nitrogens with zero attached hydrogens (tertiary/aromatic N) is 2. The summed E-state index contributed by atoms with van der Waals surface area (Å²) in [5, 5.41) is 0. The van der Waals surface area contributed by atoms with Crippen LogP contribution in [-0.2, 0) is 25.9 Å². The summed E-state index contributed by atoms with van der Waals surface area (Å²) in [7, 11) is 0. The van der Waals surface area contributed by atoms with E-state index in [9.17, 15) is 9.59 Å². The van der Waals surface area contributed by atoms with Crippen LogP contribution in [-0.4, -0.2) is 47.9 Å². The molecule has 0 atom stereocenters. The number of hydrogen-bond donors (Lipinski definition) is 0. The third-order valence-electron chi connectivity index (χ3n) is 8.85. The zero-order valence-corrected chi connectivity index (χ0v) is 29.4. The maximum atomic E-state index is 14.1. The molecule has 0 spiro atoms. The van der Waals surface area contributed by atoms with Gasteiger partial charge in [-0.1, -0.05) is 121 Å². The zero-order valence-electron chi connectivity index (χ0n) is 29.4. The van der Waals surface area contributed by atoms with Crippen LogP contribution in [0.1, 0.15) is 43.0 Å². The van der Waals surface area contributed by atoms with Gasteiger partial charge in [0.2, 0.25) is 0 Å². The van der Waals surface area contributed by atoms with Gasteiger partial charge in [0.25, 0.3) is 11.8 Å². The van der Waals surface area contributed by atoms with Crippen molar-refractivity contribution in [3.05, 3.63) is 203 Å². The Morgan fingerprint density at radius 1 is 0.385 bits per heavy atom. The maximum absolute atomic E-state index is 14.1. The molecule has 0 saturated heterocycles. The Hall–Kier alpha value is -6.14. The lowest BCUT2D eigenvalue weighted by Gasteiger charge is -2.29. The molecule has 0 aliphatic carbocycles. The first-order valence-electron chi connectivity index (χ1n) is 17.8. The lowest BCUT2D eigenvalue weighted by molar-refractivity contribution is 0.0644. The van der Waals surface area contributed by atoms with E-state index in [1.54, 1.807) is 0 Å². The fourth-order valence-corrected chi connectivity index (χ4v) is 5.97. The highest BCUT2D eigenvalue weighted by atomic mass is 16.5. The van der Waals surface area contributed by atoms with Crippen molar-refractivity contribution in [2.45, 2.75) is 25.9 Å². The van der Waals surface area contributed by atoms with E-state index in [0.29, 0.717) is 62.0 Å². The fourth-order valence-electron chi connectivity index (χ4n) is 5.97. The average molecular weight is 689 g/mol. The molecule has 6 aromatic carbocycles. The number of ether oxygens (including phenoxy) is 2. The van der Waals surface area contributed by atoms with Crippen molar-refractivity contribution in [2.24, 2.45) is 0 Å². The van der Waals surface area contributed by atoms with E-state index in [0.717, 1.165) is 24.0 Å². The summed E-state index contributed by atoms with van der Waals surface area (Å²) in [6, 6.07) is 55.0. The van der Waals surface area contributed by atoms with E-state index in [-0.39, 0.29) is 11.8 Å². The second kappa shape index (κ2) is 18.7. The average Bonchev–Trinajstić information content (AvgIpc) is 3.20. The quantitative estimate of drug-likeness (QED) is 0.0961. The van der Waals surface area contributed by atoms with Gasteiger partial charge in [0, 0.05) is 50.1 Å². The molecule has 262 valence electrons. The predicted octanol–water partition coefficient (Wildman–Crippen LogP) is 8.91. The highest BCUT2D eigenvalue weighted by molar-refractivity contribution is 5.95. The van der Waals surface area contributed by atoms with Crippen LogP contribution in [0.4, 0.5) is 0 Å². The maximum Gasteiger partial charge on any atom is 0.254 e. The second-order valence-corrected chi connectivity index (χ2v) is 12.6. The Morgan fingerprint density at radius 2 is 0.692 bits per heavy atom. The molecule has 0 fully saturated rings. The molecule has 0 N–H and O–H groups in total. The Bertz CT molecular complexity index is 1800. The van der Waals surface area contributed by atoms with Crippen molar-refractivity contribution >= 4 is 11.8 Å². The van der Waals surface area contributed by atoms with Gasteiger partial charge >= 0.3 is 0 Å². The molecule has 0 bridgehead atoms. The van der Waals surface area contributed by atoms with Gasteiger partial charge in [-0.25, -0.2) is 0 Å². The van der Waals surface area contributed by atoms with E-state index in [1.807, 2.05) is 155 Å². The minimum absolute atomic E-state index is 0.108. The molecule has 6 aromatic rings. The first-order chi connectivity index (χ1) is 25.6. The van der Waals surface area contributed by atoms with Crippen molar-refractivity contribution in [3.8, 4) is 11.5 Å². The first kappa shape index (κ1) is 35.7. The Labute approximate surface area is 306 Å². The summed E-state index contributed by atoms with van der Waals surface area (Å²) in [4.78, 5) is 31.7. The molecule has 0 aliphatic rings. The Balaban J connectivity index is 1.13. The van der Waals surface area contributed by atoms with Gasteiger partial charge in [-0.2, -0.15) is 0 Å². The minimum atomic E-state index is -0.108. The summed E-state index contributed by atoms with van der Waals surface area (Å²) in [5.41, 5.74) is 5.59. The van der Waals surface area contributed by atoms with Crippen molar-refractivity contribution in [1.29, 1.82) is 0 Å². The molecule has 0 radical (unpaired) electrons. The third-order valence-corrected chi connectivity index (χ3v) is 8.85. The van der Waals surface area contributed by atoms with E-state index < -0.39 is 0 Å². The number of rotatable bonds is 17. The molecule has 52 heavy (non-hydrogen) atoms. The Kier molecular flexibility index (Phi) is 12.9. The van der Waals surface area contributed by atoms with Crippen LogP contribution in [0.2, 0.25) is 0 Å². The van der Waals surface area contributed by atoms with Gasteiger partial charge in [-0.3, -0.25) is 9.59 Å². The standard InChI is InChI=1S/C46H44N2O4/c49-45(41-21-25-43(26-22-41)51-33-29-37-13-5-1-6-14-37)47(35-39-17-9-3-10-18-39)31-32-48(36-40-19-11-4-12-20-40)46(50)42-23-27-44(28-24-42)52-34-30-38-15-7-2-8-16-38/h1-28H,29-36H2. The van der Waals surface area contributed by atoms with Crippen LogP contribution in [0.15, 0.2) is 170 Å². The van der Waals surface area contributed by atoms with Crippen LogP contribution in [0, 0.1) is 0 Å². The minimum Gasteiger partial charge on any atom is -0.493 e. The van der Waals surface area contributed by atoms with Crippen LogP contribution in [0.5, 0.6) is 11.5 Å². The molecule has 0 saturated carbocycles. The first-order valence-corrected chi connectivity index (χ1v) is 17.8. The molecule has 6 nitrogen and oxygen atoms in total. The van der Waals surface area contributed by atoms with Gasteiger partial charge in [-0.15, -0.1) is 0 Å². The van der Waals surface area contributed by atoms with Crippen LogP contribution in [0.25, 0.3) is 0 Å². The number of hydrogen-bond acceptors (Lipinski definition) is 4. The summed E-state index contributed by atoms with van der Waals surface area (Å²) in [6.45, 7) is 2.62. The van der Waals surface area contributed by atoms with Crippen molar-refractivity contribution < 1.29 is 19.1 Å². The highest BCUT2D eigenvalue weighted by Gasteiger charge is 2.21. The summed E-state index contributed by atoms with van der Waals surface area (Å²) >= 11 is 0. The van der Waals surface area contributed by atoms with Gasteiger partial charge < -0.3 is 19.3 Å². The van der Waals surface area contributed by atoms with Crippen molar-refractivity contribution in [2.75, 3.05) is 26.3 Å². The Morgan fingerprint density at radius 3 is 1.02 bits per heavy atom. The molecule has 0 aromatic heterocycles. The molecular formula is C46H44N2O4. The molecule has 6 heteroatoms. The summed E-state index contributed by atoms with van der Waals surface area (Å²) < 4.78 is 11.9. The van der Waals surface area contributed by atoms with Crippen molar-refractivity contribution in [1.82, 2.24) is 9.80 Å². The van der Waals surface area contributed by atoms with Crippen LogP contribution in [0.3, 0.4) is 0 Å². The van der Waals surface area contributed by atoms with E-state index in [4.69, 9.17) is 9.47 Å². The summed E-state index contributed by atoms with van der Waals surface area (Å²) in [5.74, 6) is 1.22. The molecular weight excluding hydrogens is 645 g/mol. The van der Waals surface area contributed by atoms with Crippen molar-refractivity contribution in [3.63, 3.8) is 0 Å². The third kappa shape index (κ3) is 10.7. The highest BCUT2D eigenvalue weighted by Crippen LogP contribution is 2.19. The normalized spacial score (nSPS) is 10.7. The molecule has 0 aliphatic heterocycles. The van der Waals surface area contributed by atoms with Gasteiger partial charge in [-0.05, 0) is 70.8 Å². The lowest BCUT2D eigenvalue weighted by Crippen LogP contribution is -2.40. The molecule has 0 heterocycles. The number of benzene rings is 6. The molecule has 6 rings (SSSR count). The van der Waals surface area contributed by atoms with Gasteiger partial charge in [0.15, 0.2) is 0 Å². The smallest absolute Gasteiger partial charge is 0.254 e. The molecule has 2 amide bonds. The lowest BCUT2D eigenvalue weighted by atomic mass is 10.1. The van der Waals surface area contributed by atoms with Gasteiger partial charge in [0.05, 0.1) is 13.2 Å². The van der Waals surface area contributed by atoms with E-state index >= 15 is 0 Å². The fraction of sp³-hybridized carbons (Fsp3) is 0.174. The van der Waals surface area contributed by atoms with E-state index in [2.05, 4.69) is 24.3 Å². The number of amides is 2. The molecule has 0 unspecified atom stereocenters.